The Morgan fingerprint density at radius 1 is 1.56 bits per heavy atom. The zero-order valence-corrected chi connectivity index (χ0v) is 10.7. The van der Waals surface area contributed by atoms with Crippen molar-refractivity contribution in [2.24, 2.45) is 10.2 Å². The van der Waals surface area contributed by atoms with Crippen LogP contribution >= 0.6 is 11.8 Å². The Morgan fingerprint density at radius 2 is 2.39 bits per heavy atom. The van der Waals surface area contributed by atoms with Crippen molar-refractivity contribution in [1.29, 1.82) is 0 Å². The van der Waals surface area contributed by atoms with Crippen molar-refractivity contribution in [3.8, 4) is 5.75 Å². The lowest BCUT2D eigenvalue weighted by Crippen LogP contribution is -2.19. The number of hydrogen-bond donors (Lipinski definition) is 2. The smallest absolute Gasteiger partial charge is 0.236 e. The molecule has 1 fully saturated rings. The molecule has 18 heavy (non-hydrogen) atoms. The number of amidine groups is 1. The maximum Gasteiger partial charge on any atom is 0.236 e. The number of carbonyl (C=O) groups excluding carboxylic acids is 1. The number of aryl methyl sites for hydroxylation is 1. The molecule has 0 aliphatic carbocycles. The summed E-state index contributed by atoms with van der Waals surface area (Å²) in [6, 6.07) is 5.37. The molecule has 2 rings (SSSR count). The zero-order valence-electron chi connectivity index (χ0n) is 9.88. The Kier molecular flexibility index (Phi) is 3.99. The average Bonchev–Trinajstić information content (AvgIpc) is 2.77. The van der Waals surface area contributed by atoms with E-state index >= 15 is 0 Å². The van der Waals surface area contributed by atoms with E-state index in [9.17, 15) is 9.90 Å². The van der Waals surface area contributed by atoms with E-state index in [4.69, 9.17) is 0 Å². The minimum Gasteiger partial charge on any atom is -0.507 e. The number of carbonyl (C=O) groups is 1. The molecule has 0 unspecified atom stereocenters. The summed E-state index contributed by atoms with van der Waals surface area (Å²) in [5.41, 5.74) is 1.73. The Morgan fingerprint density at radius 3 is 3.06 bits per heavy atom. The van der Waals surface area contributed by atoms with E-state index in [-0.39, 0.29) is 11.7 Å². The first-order valence-corrected chi connectivity index (χ1v) is 6.53. The number of benzene rings is 1. The fourth-order valence-electron chi connectivity index (χ4n) is 1.45. The number of nitrogens with zero attached hydrogens (tertiary/aromatic N) is 2. The van der Waals surface area contributed by atoms with Crippen LogP contribution in [0.1, 0.15) is 18.1 Å². The molecule has 1 aromatic rings. The molecular weight excluding hydrogens is 250 g/mol. The van der Waals surface area contributed by atoms with Gasteiger partial charge in [0.25, 0.3) is 0 Å². The van der Waals surface area contributed by atoms with Crippen LogP contribution in [0.4, 0.5) is 0 Å². The fraction of sp³-hybridized carbons (Fsp3) is 0.250. The van der Waals surface area contributed by atoms with E-state index in [2.05, 4.69) is 15.5 Å². The van der Waals surface area contributed by atoms with E-state index in [0.29, 0.717) is 16.5 Å². The predicted molar refractivity (Wildman–Crippen MR) is 73.1 cm³/mol. The van der Waals surface area contributed by atoms with E-state index in [1.807, 2.05) is 19.1 Å². The number of rotatable bonds is 3. The van der Waals surface area contributed by atoms with Crippen molar-refractivity contribution in [3.63, 3.8) is 0 Å². The molecule has 0 atom stereocenters. The van der Waals surface area contributed by atoms with Gasteiger partial charge < -0.3 is 10.4 Å². The lowest BCUT2D eigenvalue weighted by atomic mass is 10.1. The van der Waals surface area contributed by atoms with Gasteiger partial charge in [0.1, 0.15) is 5.75 Å². The molecule has 1 aliphatic heterocycles. The first-order chi connectivity index (χ1) is 8.69. The second kappa shape index (κ2) is 5.68. The third-order valence-corrected chi connectivity index (χ3v) is 3.30. The SMILES string of the molecule is CCc1ccc(O)c(C=NN=C2NC(=O)CS2)c1. The molecule has 1 amide bonds. The van der Waals surface area contributed by atoms with Crippen molar-refractivity contribution in [3.05, 3.63) is 29.3 Å². The molecule has 0 saturated carbocycles. The van der Waals surface area contributed by atoms with Gasteiger partial charge in [-0.3, -0.25) is 4.79 Å². The largest absolute Gasteiger partial charge is 0.507 e. The van der Waals surface area contributed by atoms with Gasteiger partial charge >= 0.3 is 0 Å². The molecule has 2 N–H and O–H groups in total. The lowest BCUT2D eigenvalue weighted by Gasteiger charge is -2.01. The normalized spacial score (nSPS) is 17.6. The van der Waals surface area contributed by atoms with Gasteiger partial charge in [0.15, 0.2) is 5.17 Å². The minimum atomic E-state index is -0.0650. The van der Waals surface area contributed by atoms with Gasteiger partial charge in [-0.05, 0) is 24.1 Å². The van der Waals surface area contributed by atoms with E-state index in [1.165, 1.54) is 18.0 Å². The molecule has 0 spiro atoms. The molecule has 1 saturated heterocycles. The first kappa shape index (κ1) is 12.6. The highest BCUT2D eigenvalue weighted by molar-refractivity contribution is 8.15. The molecule has 6 heteroatoms. The van der Waals surface area contributed by atoms with Gasteiger partial charge in [-0.1, -0.05) is 24.8 Å². The van der Waals surface area contributed by atoms with Crippen molar-refractivity contribution < 1.29 is 9.90 Å². The van der Waals surface area contributed by atoms with Gasteiger partial charge in [-0.25, -0.2) is 0 Å². The van der Waals surface area contributed by atoms with Gasteiger partial charge in [-0.2, -0.15) is 5.10 Å². The Hall–Kier alpha value is -1.82. The third kappa shape index (κ3) is 3.10. The Balaban J connectivity index is 2.11. The standard InChI is InChI=1S/C12H13N3O2S/c1-2-8-3-4-10(16)9(5-8)6-13-15-12-14-11(17)7-18-12/h3-6,16H,2,7H2,1H3,(H,14,15,17). The van der Waals surface area contributed by atoms with Crippen LogP contribution in [0.25, 0.3) is 0 Å². The molecular formula is C12H13N3O2S. The Bertz CT molecular complexity index is 526. The molecule has 1 heterocycles. The molecule has 5 nitrogen and oxygen atoms in total. The highest BCUT2D eigenvalue weighted by atomic mass is 32.2. The first-order valence-electron chi connectivity index (χ1n) is 5.54. The van der Waals surface area contributed by atoms with E-state index < -0.39 is 0 Å². The fourth-order valence-corrected chi connectivity index (χ4v) is 2.08. The summed E-state index contributed by atoms with van der Waals surface area (Å²) in [5, 5.41) is 20.4. The van der Waals surface area contributed by atoms with Crippen molar-refractivity contribution in [2.45, 2.75) is 13.3 Å². The van der Waals surface area contributed by atoms with Crippen LogP contribution in [0, 0.1) is 0 Å². The molecule has 0 aromatic heterocycles. The topological polar surface area (TPSA) is 74.1 Å². The average molecular weight is 263 g/mol. The third-order valence-electron chi connectivity index (χ3n) is 2.43. The minimum absolute atomic E-state index is 0.0650. The van der Waals surface area contributed by atoms with Crippen LogP contribution in [-0.4, -0.2) is 28.1 Å². The monoisotopic (exact) mass is 263 g/mol. The van der Waals surface area contributed by atoms with Crippen LogP contribution in [0.5, 0.6) is 5.75 Å². The van der Waals surface area contributed by atoms with Crippen LogP contribution in [0.3, 0.4) is 0 Å². The highest BCUT2D eigenvalue weighted by Gasteiger charge is 2.15. The second-order valence-electron chi connectivity index (χ2n) is 3.73. The van der Waals surface area contributed by atoms with Crippen LogP contribution in [-0.2, 0) is 11.2 Å². The van der Waals surface area contributed by atoms with Crippen molar-refractivity contribution in [1.82, 2.24) is 5.32 Å². The Labute approximate surface area is 109 Å². The van der Waals surface area contributed by atoms with E-state index in [0.717, 1.165) is 12.0 Å². The summed E-state index contributed by atoms with van der Waals surface area (Å²) in [7, 11) is 0. The van der Waals surface area contributed by atoms with Crippen LogP contribution in [0.2, 0.25) is 0 Å². The van der Waals surface area contributed by atoms with Gasteiger partial charge in [-0.15, -0.1) is 5.10 Å². The molecule has 94 valence electrons. The van der Waals surface area contributed by atoms with Gasteiger partial charge in [0.2, 0.25) is 5.91 Å². The summed E-state index contributed by atoms with van der Waals surface area (Å²) in [5.74, 6) is 0.481. The van der Waals surface area contributed by atoms with Crippen LogP contribution < -0.4 is 5.32 Å². The van der Waals surface area contributed by atoms with Crippen molar-refractivity contribution in [2.75, 3.05) is 5.75 Å². The molecule has 0 radical (unpaired) electrons. The number of nitrogens with one attached hydrogen (secondary N) is 1. The summed E-state index contributed by atoms with van der Waals surface area (Å²) in [6.45, 7) is 2.04. The highest BCUT2D eigenvalue weighted by Crippen LogP contribution is 2.17. The zero-order chi connectivity index (χ0) is 13.0. The number of phenolic OH excluding ortho intramolecular Hbond substituents is 1. The molecule has 1 aromatic carbocycles. The van der Waals surface area contributed by atoms with Gasteiger partial charge in [0.05, 0.1) is 12.0 Å². The number of phenols is 1. The lowest BCUT2D eigenvalue weighted by molar-refractivity contribution is -0.116. The second-order valence-corrected chi connectivity index (χ2v) is 4.70. The van der Waals surface area contributed by atoms with Crippen molar-refractivity contribution >= 4 is 29.1 Å². The maximum absolute atomic E-state index is 10.9. The van der Waals surface area contributed by atoms with Gasteiger partial charge in [0, 0.05) is 5.56 Å². The number of thioether (sulfide) groups is 1. The molecule has 0 bridgehead atoms. The number of hydrogen-bond acceptors (Lipinski definition) is 5. The summed E-state index contributed by atoms with van der Waals surface area (Å²) < 4.78 is 0. The quantitative estimate of drug-likeness (QED) is 0.641. The summed E-state index contributed by atoms with van der Waals surface area (Å²) >= 11 is 1.31. The predicted octanol–water partition coefficient (Wildman–Crippen LogP) is 1.51. The summed E-state index contributed by atoms with van der Waals surface area (Å²) in [4.78, 5) is 10.9. The summed E-state index contributed by atoms with van der Waals surface area (Å²) in [6.07, 6.45) is 2.37. The maximum atomic E-state index is 10.9. The molecule has 1 aliphatic rings. The number of aromatic hydroxyl groups is 1. The van der Waals surface area contributed by atoms with E-state index in [1.54, 1.807) is 6.07 Å². The van der Waals surface area contributed by atoms with Crippen LogP contribution in [0.15, 0.2) is 28.4 Å². The number of amides is 1.